The highest BCUT2D eigenvalue weighted by molar-refractivity contribution is 7.86. The summed E-state index contributed by atoms with van der Waals surface area (Å²) in [6.07, 6.45) is 1.61. The topological polar surface area (TPSA) is 82.0 Å². The minimum atomic E-state index is -3.82. The van der Waals surface area contributed by atoms with Crippen molar-refractivity contribution in [2.45, 2.75) is 11.5 Å². The fourth-order valence-electron chi connectivity index (χ4n) is 2.78. The number of hydrogen-bond acceptors (Lipinski definition) is 6. The van der Waals surface area contributed by atoms with E-state index in [1.807, 2.05) is 30.3 Å². The molecule has 6 nitrogen and oxygen atoms in total. The average Bonchev–Trinajstić information content (AvgIpc) is 3.15. The molecule has 150 valence electrons. The van der Waals surface area contributed by atoms with Gasteiger partial charge in [0.2, 0.25) is 5.90 Å². The fraction of sp³-hybridized carbons (Fsp3) is 0.0435. The van der Waals surface area contributed by atoms with Crippen molar-refractivity contribution in [2.24, 2.45) is 4.99 Å². The summed E-state index contributed by atoms with van der Waals surface area (Å²) >= 11 is 0. The predicted octanol–water partition coefficient (Wildman–Crippen LogP) is 3.94. The molecule has 0 unspecified atom stereocenters. The van der Waals surface area contributed by atoms with Crippen LogP contribution in [-0.4, -0.2) is 20.3 Å². The van der Waals surface area contributed by atoms with Gasteiger partial charge >= 0.3 is 5.97 Å². The van der Waals surface area contributed by atoms with Crippen LogP contribution in [0.25, 0.3) is 6.08 Å². The first-order valence-corrected chi connectivity index (χ1v) is 10.5. The van der Waals surface area contributed by atoms with Gasteiger partial charge in [-0.05, 0) is 41.5 Å². The minimum absolute atomic E-state index is 0.0908. The predicted molar refractivity (Wildman–Crippen MR) is 112 cm³/mol. The zero-order valence-corrected chi connectivity index (χ0v) is 16.6. The van der Waals surface area contributed by atoms with E-state index in [9.17, 15) is 13.2 Å². The summed E-state index contributed by atoms with van der Waals surface area (Å²) in [7, 11) is -3.82. The normalized spacial score (nSPS) is 15.1. The molecule has 0 amide bonds. The van der Waals surface area contributed by atoms with Gasteiger partial charge in [-0.1, -0.05) is 60.7 Å². The fourth-order valence-corrected chi connectivity index (χ4v) is 3.70. The molecule has 3 aromatic carbocycles. The molecule has 0 aliphatic carbocycles. The molecule has 0 saturated carbocycles. The quantitative estimate of drug-likeness (QED) is 0.343. The minimum Gasteiger partial charge on any atom is -0.402 e. The summed E-state index contributed by atoms with van der Waals surface area (Å²) < 4.78 is 34.7. The largest absolute Gasteiger partial charge is 0.402 e. The van der Waals surface area contributed by atoms with Gasteiger partial charge in [0.05, 0.1) is 11.5 Å². The van der Waals surface area contributed by atoms with E-state index in [-0.39, 0.29) is 23.1 Å². The first-order chi connectivity index (χ1) is 14.5. The van der Waals surface area contributed by atoms with Crippen molar-refractivity contribution in [1.82, 2.24) is 0 Å². The van der Waals surface area contributed by atoms with Gasteiger partial charge in [-0.25, -0.2) is 9.79 Å². The first kappa shape index (κ1) is 19.8. The van der Waals surface area contributed by atoms with Crippen LogP contribution in [0.3, 0.4) is 0 Å². The second kappa shape index (κ2) is 8.44. The molecule has 0 atom stereocenters. The Kier molecular flexibility index (Phi) is 5.56. The molecule has 1 aliphatic heterocycles. The van der Waals surface area contributed by atoms with E-state index < -0.39 is 16.1 Å². The third kappa shape index (κ3) is 4.53. The van der Waals surface area contributed by atoms with Crippen molar-refractivity contribution in [2.75, 3.05) is 0 Å². The molecule has 0 fully saturated rings. The molecule has 0 aromatic heterocycles. The van der Waals surface area contributed by atoms with E-state index in [4.69, 9.17) is 8.92 Å². The number of esters is 1. The van der Waals surface area contributed by atoms with Crippen LogP contribution in [-0.2, 0) is 30.4 Å². The maximum Gasteiger partial charge on any atom is 0.363 e. The molecule has 1 heterocycles. The molecule has 3 aromatic rings. The number of ether oxygens (including phenoxy) is 1. The number of carbonyl (C=O) groups excluding carboxylic acids is 1. The zero-order chi connectivity index (χ0) is 21.0. The van der Waals surface area contributed by atoms with Crippen molar-refractivity contribution in [3.05, 3.63) is 107 Å². The number of nitrogens with zero attached hydrogens (tertiary/aromatic N) is 1. The van der Waals surface area contributed by atoms with Crippen molar-refractivity contribution in [3.8, 4) is 0 Å². The van der Waals surface area contributed by atoms with Crippen LogP contribution in [0.2, 0.25) is 0 Å². The monoisotopic (exact) mass is 419 g/mol. The van der Waals surface area contributed by atoms with Gasteiger partial charge in [-0.2, -0.15) is 8.42 Å². The highest BCUT2D eigenvalue weighted by Crippen LogP contribution is 2.20. The molecular weight excluding hydrogens is 402 g/mol. The van der Waals surface area contributed by atoms with Crippen LogP contribution >= 0.6 is 0 Å². The maximum absolute atomic E-state index is 12.2. The van der Waals surface area contributed by atoms with E-state index >= 15 is 0 Å². The molecule has 1 aliphatic rings. The number of cyclic esters (lactones) is 1. The standard InChI is InChI=1S/C23H17NO5S/c25-23-21(24-22(29-23)19-7-3-1-4-8-19)15-17-11-13-18(14-12-17)16-28-30(26,27)20-9-5-2-6-10-20/h1-15H,16H2/b21-15-. The smallest absolute Gasteiger partial charge is 0.363 e. The van der Waals surface area contributed by atoms with Gasteiger partial charge in [0.15, 0.2) is 5.70 Å². The van der Waals surface area contributed by atoms with Gasteiger partial charge in [-0.15, -0.1) is 0 Å². The number of benzene rings is 3. The molecule has 30 heavy (non-hydrogen) atoms. The lowest BCUT2D eigenvalue weighted by atomic mass is 10.1. The molecule has 0 radical (unpaired) electrons. The van der Waals surface area contributed by atoms with Crippen LogP contribution in [0.5, 0.6) is 0 Å². The van der Waals surface area contributed by atoms with E-state index in [2.05, 4.69) is 4.99 Å². The Morgan fingerprint density at radius 1 is 0.867 bits per heavy atom. The summed E-state index contributed by atoms with van der Waals surface area (Å²) in [4.78, 5) is 16.5. The summed E-state index contributed by atoms with van der Waals surface area (Å²) in [5, 5.41) is 0. The summed E-state index contributed by atoms with van der Waals surface area (Å²) in [5.41, 5.74) is 2.33. The Balaban J connectivity index is 1.45. The van der Waals surface area contributed by atoms with Gasteiger partial charge in [0.1, 0.15) is 0 Å². The summed E-state index contributed by atoms with van der Waals surface area (Å²) in [6, 6.07) is 24.1. The van der Waals surface area contributed by atoms with Crippen LogP contribution in [0.15, 0.2) is 101 Å². The second-order valence-corrected chi connectivity index (χ2v) is 8.09. The van der Waals surface area contributed by atoms with Gasteiger partial charge in [-0.3, -0.25) is 4.18 Å². The lowest BCUT2D eigenvalue weighted by Gasteiger charge is -2.06. The Labute approximate surface area is 174 Å². The SMILES string of the molecule is O=C1OC(c2ccccc2)=N/C1=C\c1ccc(COS(=O)(=O)c2ccccc2)cc1. The van der Waals surface area contributed by atoms with Crippen molar-refractivity contribution in [3.63, 3.8) is 0 Å². The number of aliphatic imine (C=N–C) groups is 1. The number of hydrogen-bond donors (Lipinski definition) is 0. The maximum atomic E-state index is 12.2. The van der Waals surface area contributed by atoms with Gasteiger partial charge in [0.25, 0.3) is 10.1 Å². The molecule has 0 bridgehead atoms. The highest BCUT2D eigenvalue weighted by Gasteiger charge is 2.23. The van der Waals surface area contributed by atoms with Crippen molar-refractivity contribution >= 4 is 28.1 Å². The van der Waals surface area contributed by atoms with E-state index in [1.54, 1.807) is 48.5 Å². The molecule has 0 N–H and O–H groups in total. The number of carbonyl (C=O) groups is 1. The third-order valence-corrected chi connectivity index (χ3v) is 5.61. The van der Waals surface area contributed by atoms with E-state index in [0.29, 0.717) is 5.56 Å². The Morgan fingerprint density at radius 3 is 2.17 bits per heavy atom. The highest BCUT2D eigenvalue weighted by atomic mass is 32.2. The van der Waals surface area contributed by atoms with Crippen LogP contribution < -0.4 is 0 Å². The summed E-state index contributed by atoms with van der Waals surface area (Å²) in [6.45, 7) is -0.0908. The van der Waals surface area contributed by atoms with Crippen LogP contribution in [0.4, 0.5) is 0 Å². The molecule has 4 rings (SSSR count). The summed E-state index contributed by atoms with van der Waals surface area (Å²) in [5.74, 6) is -0.252. The first-order valence-electron chi connectivity index (χ1n) is 9.13. The second-order valence-electron chi connectivity index (χ2n) is 6.47. The molecule has 0 saturated heterocycles. The van der Waals surface area contributed by atoms with Crippen LogP contribution in [0.1, 0.15) is 16.7 Å². The van der Waals surface area contributed by atoms with Crippen LogP contribution in [0, 0.1) is 0 Å². The number of rotatable bonds is 6. The Hall–Kier alpha value is -3.55. The molecule has 7 heteroatoms. The Bertz CT molecular complexity index is 1220. The third-order valence-electron chi connectivity index (χ3n) is 4.34. The molecular formula is C23H17NO5S. The molecule has 0 spiro atoms. The average molecular weight is 419 g/mol. The van der Waals surface area contributed by atoms with Crippen molar-refractivity contribution < 1.29 is 22.1 Å². The van der Waals surface area contributed by atoms with Gasteiger partial charge < -0.3 is 4.74 Å². The Morgan fingerprint density at radius 2 is 1.50 bits per heavy atom. The van der Waals surface area contributed by atoms with E-state index in [0.717, 1.165) is 11.1 Å². The lowest BCUT2D eigenvalue weighted by Crippen LogP contribution is -2.06. The van der Waals surface area contributed by atoms with E-state index in [1.165, 1.54) is 12.1 Å². The van der Waals surface area contributed by atoms with Crippen molar-refractivity contribution in [1.29, 1.82) is 0 Å². The van der Waals surface area contributed by atoms with Gasteiger partial charge in [0, 0.05) is 5.56 Å². The zero-order valence-electron chi connectivity index (χ0n) is 15.8. The lowest BCUT2D eigenvalue weighted by molar-refractivity contribution is -0.129.